The van der Waals surface area contributed by atoms with Gasteiger partial charge in [-0.1, -0.05) is 43.6 Å². The molecule has 0 bridgehead atoms. The largest absolute Gasteiger partial charge is 0.507 e. The molecule has 0 unspecified atom stereocenters. The summed E-state index contributed by atoms with van der Waals surface area (Å²) in [6, 6.07) is 13.5. The van der Waals surface area contributed by atoms with Crippen molar-refractivity contribution in [2.45, 2.75) is 9.79 Å². The van der Waals surface area contributed by atoms with E-state index >= 15 is 0 Å². The Balaban J connectivity index is 2.23. The van der Waals surface area contributed by atoms with Crippen LogP contribution < -0.4 is 0 Å². The molecular formula is C12H8Br2OS. The molecule has 4 heteroatoms. The van der Waals surface area contributed by atoms with Crippen molar-refractivity contribution >= 4 is 43.6 Å². The lowest BCUT2D eigenvalue weighted by atomic mass is 10.3. The SMILES string of the molecule is Oc1cc(Br)ccc1Sc1ccc(Br)cc1. The van der Waals surface area contributed by atoms with Crippen molar-refractivity contribution in [2.24, 2.45) is 0 Å². The molecule has 0 amide bonds. The highest BCUT2D eigenvalue weighted by atomic mass is 79.9. The Morgan fingerprint density at radius 3 is 2.12 bits per heavy atom. The molecule has 1 N–H and O–H groups in total. The van der Waals surface area contributed by atoms with Crippen LogP contribution in [-0.4, -0.2) is 5.11 Å². The average Bonchev–Trinajstić information content (AvgIpc) is 2.25. The monoisotopic (exact) mass is 358 g/mol. The lowest BCUT2D eigenvalue weighted by molar-refractivity contribution is 0.462. The number of hydrogen-bond acceptors (Lipinski definition) is 2. The first kappa shape index (κ1) is 12.0. The number of phenolic OH excluding ortho intramolecular Hbond substituents is 1. The highest BCUT2D eigenvalue weighted by Crippen LogP contribution is 2.36. The van der Waals surface area contributed by atoms with Crippen molar-refractivity contribution in [3.63, 3.8) is 0 Å². The van der Waals surface area contributed by atoms with E-state index in [0.717, 1.165) is 18.7 Å². The minimum atomic E-state index is 0.294. The molecule has 0 aliphatic heterocycles. The number of phenols is 1. The molecule has 16 heavy (non-hydrogen) atoms. The van der Waals surface area contributed by atoms with Crippen LogP contribution in [-0.2, 0) is 0 Å². The topological polar surface area (TPSA) is 20.2 Å². The van der Waals surface area contributed by atoms with Gasteiger partial charge in [-0.3, -0.25) is 0 Å². The minimum Gasteiger partial charge on any atom is -0.507 e. The van der Waals surface area contributed by atoms with Crippen molar-refractivity contribution in [2.75, 3.05) is 0 Å². The molecule has 0 aliphatic rings. The Hall–Kier alpha value is -0.450. The summed E-state index contributed by atoms with van der Waals surface area (Å²) in [6.45, 7) is 0. The van der Waals surface area contributed by atoms with E-state index in [1.165, 1.54) is 11.8 Å². The number of hydrogen-bond donors (Lipinski definition) is 1. The molecule has 0 radical (unpaired) electrons. The summed E-state index contributed by atoms with van der Waals surface area (Å²) in [5.74, 6) is 0.294. The Bertz CT molecular complexity index is 497. The fourth-order valence-electron chi connectivity index (χ4n) is 1.21. The molecule has 0 heterocycles. The Morgan fingerprint density at radius 1 is 0.875 bits per heavy atom. The zero-order chi connectivity index (χ0) is 11.5. The molecule has 2 aromatic rings. The second-order valence-electron chi connectivity index (χ2n) is 3.17. The van der Waals surface area contributed by atoms with Gasteiger partial charge in [0.25, 0.3) is 0 Å². The average molecular weight is 360 g/mol. The van der Waals surface area contributed by atoms with Crippen molar-refractivity contribution in [1.29, 1.82) is 0 Å². The van der Waals surface area contributed by atoms with Crippen LogP contribution in [0.4, 0.5) is 0 Å². The molecule has 0 spiro atoms. The summed E-state index contributed by atoms with van der Waals surface area (Å²) >= 11 is 8.25. The molecule has 0 atom stereocenters. The summed E-state index contributed by atoms with van der Waals surface area (Å²) in [6.07, 6.45) is 0. The van der Waals surface area contributed by atoms with Crippen LogP contribution in [0, 0.1) is 0 Å². The Kier molecular flexibility index (Phi) is 3.95. The van der Waals surface area contributed by atoms with E-state index in [1.807, 2.05) is 36.4 Å². The Labute approximate surface area is 115 Å². The summed E-state index contributed by atoms with van der Waals surface area (Å²) < 4.78 is 1.93. The van der Waals surface area contributed by atoms with Gasteiger partial charge in [0.05, 0.1) is 4.90 Å². The van der Waals surface area contributed by atoms with Crippen molar-refractivity contribution in [3.8, 4) is 5.75 Å². The fourth-order valence-corrected chi connectivity index (χ4v) is 2.65. The van der Waals surface area contributed by atoms with Gasteiger partial charge in [0.15, 0.2) is 0 Å². The van der Waals surface area contributed by atoms with E-state index in [-0.39, 0.29) is 0 Å². The summed E-state index contributed by atoms with van der Waals surface area (Å²) in [7, 11) is 0. The molecule has 0 aliphatic carbocycles. The van der Waals surface area contributed by atoms with E-state index in [9.17, 15) is 5.11 Å². The van der Waals surface area contributed by atoms with E-state index < -0.39 is 0 Å². The fraction of sp³-hybridized carbons (Fsp3) is 0. The Morgan fingerprint density at radius 2 is 1.50 bits per heavy atom. The standard InChI is InChI=1S/C12H8Br2OS/c13-8-1-4-10(5-2-8)16-12-6-3-9(14)7-11(12)15/h1-7,15H. The summed E-state index contributed by atoms with van der Waals surface area (Å²) in [5.41, 5.74) is 0. The van der Waals surface area contributed by atoms with E-state index in [2.05, 4.69) is 31.9 Å². The van der Waals surface area contributed by atoms with Crippen molar-refractivity contribution in [1.82, 2.24) is 0 Å². The van der Waals surface area contributed by atoms with Crippen LogP contribution >= 0.6 is 43.6 Å². The van der Waals surface area contributed by atoms with Crippen LogP contribution in [0.5, 0.6) is 5.75 Å². The number of benzene rings is 2. The van der Waals surface area contributed by atoms with Gasteiger partial charge in [0.2, 0.25) is 0 Å². The van der Waals surface area contributed by atoms with Crippen LogP contribution in [0.25, 0.3) is 0 Å². The first-order valence-corrected chi connectivity index (χ1v) is 6.97. The van der Waals surface area contributed by atoms with Gasteiger partial charge in [0.1, 0.15) is 5.75 Å². The van der Waals surface area contributed by atoms with Crippen molar-refractivity contribution < 1.29 is 5.11 Å². The zero-order valence-electron chi connectivity index (χ0n) is 8.15. The molecule has 0 fully saturated rings. The first-order valence-electron chi connectivity index (χ1n) is 4.57. The maximum atomic E-state index is 9.75. The van der Waals surface area contributed by atoms with E-state index in [0.29, 0.717) is 5.75 Å². The summed E-state index contributed by atoms with van der Waals surface area (Å²) in [4.78, 5) is 1.95. The van der Waals surface area contributed by atoms with Crippen LogP contribution in [0.15, 0.2) is 61.2 Å². The molecular weight excluding hydrogens is 352 g/mol. The molecule has 82 valence electrons. The lowest BCUT2D eigenvalue weighted by Crippen LogP contribution is -1.76. The van der Waals surface area contributed by atoms with Gasteiger partial charge in [-0.15, -0.1) is 0 Å². The normalized spacial score (nSPS) is 10.4. The summed E-state index contributed by atoms with van der Waals surface area (Å²) in [5, 5.41) is 9.75. The maximum absolute atomic E-state index is 9.75. The van der Waals surface area contributed by atoms with Gasteiger partial charge in [-0.25, -0.2) is 0 Å². The third-order valence-electron chi connectivity index (χ3n) is 1.96. The van der Waals surface area contributed by atoms with Crippen molar-refractivity contribution in [3.05, 3.63) is 51.4 Å². The predicted octanol–water partition coefficient (Wildman–Crippen LogP) is 5.07. The smallest absolute Gasteiger partial charge is 0.130 e. The maximum Gasteiger partial charge on any atom is 0.130 e. The number of aromatic hydroxyl groups is 1. The minimum absolute atomic E-state index is 0.294. The number of halogens is 2. The lowest BCUT2D eigenvalue weighted by Gasteiger charge is -2.04. The van der Waals surface area contributed by atoms with Gasteiger partial charge >= 0.3 is 0 Å². The van der Waals surface area contributed by atoms with E-state index in [1.54, 1.807) is 6.07 Å². The van der Waals surface area contributed by atoms with Gasteiger partial charge < -0.3 is 5.11 Å². The third-order valence-corrected chi connectivity index (χ3v) is 4.06. The molecule has 2 rings (SSSR count). The second-order valence-corrected chi connectivity index (χ2v) is 6.11. The van der Waals surface area contributed by atoms with Crippen LogP contribution in [0.1, 0.15) is 0 Å². The molecule has 1 nitrogen and oxygen atoms in total. The van der Waals surface area contributed by atoms with E-state index in [4.69, 9.17) is 0 Å². The zero-order valence-corrected chi connectivity index (χ0v) is 12.1. The first-order chi connectivity index (χ1) is 7.65. The van der Waals surface area contributed by atoms with Gasteiger partial charge in [0, 0.05) is 13.8 Å². The predicted molar refractivity (Wildman–Crippen MR) is 74.1 cm³/mol. The highest BCUT2D eigenvalue weighted by Gasteiger charge is 2.03. The van der Waals surface area contributed by atoms with Gasteiger partial charge in [-0.05, 0) is 42.5 Å². The van der Waals surface area contributed by atoms with Crippen LogP contribution in [0.3, 0.4) is 0 Å². The van der Waals surface area contributed by atoms with Gasteiger partial charge in [-0.2, -0.15) is 0 Å². The molecule has 0 saturated heterocycles. The third kappa shape index (κ3) is 3.03. The highest BCUT2D eigenvalue weighted by molar-refractivity contribution is 9.10. The molecule has 0 aromatic heterocycles. The molecule has 2 aromatic carbocycles. The van der Waals surface area contributed by atoms with Crippen LogP contribution in [0.2, 0.25) is 0 Å². The second kappa shape index (κ2) is 5.25. The quantitative estimate of drug-likeness (QED) is 0.807. The number of rotatable bonds is 2. The molecule has 0 saturated carbocycles.